The van der Waals surface area contributed by atoms with E-state index in [0.29, 0.717) is 47.2 Å². The number of likely N-dealkylation sites (N-methyl/N-ethyl adjacent to an activating group) is 1. The van der Waals surface area contributed by atoms with Crippen molar-refractivity contribution in [2.24, 2.45) is 0 Å². The molecule has 8 heteroatoms. The van der Waals surface area contributed by atoms with Crippen LogP contribution in [-0.4, -0.2) is 49.5 Å². The highest BCUT2D eigenvalue weighted by Crippen LogP contribution is 2.28. The molecule has 0 aromatic carbocycles. The molecule has 0 saturated carbocycles. The van der Waals surface area contributed by atoms with Gasteiger partial charge in [-0.25, -0.2) is 19.3 Å². The lowest BCUT2D eigenvalue weighted by molar-refractivity contribution is 0.426. The summed E-state index contributed by atoms with van der Waals surface area (Å²) in [6.45, 7) is 10.7. The van der Waals surface area contributed by atoms with Gasteiger partial charge in [0.05, 0.1) is 6.20 Å². The van der Waals surface area contributed by atoms with Crippen LogP contribution in [0.5, 0.6) is 0 Å². The lowest BCUT2D eigenvalue weighted by Gasteiger charge is -2.11. The highest BCUT2D eigenvalue weighted by atomic mass is 19.1. The van der Waals surface area contributed by atoms with Crippen LogP contribution in [0.25, 0.3) is 22.6 Å². The summed E-state index contributed by atoms with van der Waals surface area (Å²) in [6.07, 6.45) is 8.25. The Labute approximate surface area is 187 Å². The third kappa shape index (κ3) is 4.31. The van der Waals surface area contributed by atoms with E-state index in [1.807, 2.05) is 17.6 Å². The van der Waals surface area contributed by atoms with Crippen LogP contribution in [0, 0.1) is 5.82 Å². The number of allylic oxidation sites excluding steroid dienone is 2. The largest absolute Gasteiger partial charge is 0.382 e. The van der Waals surface area contributed by atoms with Crippen LogP contribution in [-0.2, 0) is 13.0 Å². The fourth-order valence-corrected chi connectivity index (χ4v) is 4.05. The van der Waals surface area contributed by atoms with Gasteiger partial charge in [-0.15, -0.1) is 0 Å². The number of aromatic nitrogens is 5. The molecule has 4 heterocycles. The third-order valence-electron chi connectivity index (χ3n) is 5.69. The fourth-order valence-electron chi connectivity index (χ4n) is 4.05. The van der Waals surface area contributed by atoms with Gasteiger partial charge in [-0.2, -0.15) is 0 Å². The molecular formula is C24H28FN7. The number of rotatable bonds is 7. The molecule has 3 aromatic heterocycles. The average Bonchev–Trinajstić information content (AvgIpc) is 3.30. The van der Waals surface area contributed by atoms with Crippen molar-refractivity contribution < 1.29 is 4.39 Å². The molecule has 0 bridgehead atoms. The first kappa shape index (κ1) is 21.8. The maximum Gasteiger partial charge on any atom is 0.166 e. The van der Waals surface area contributed by atoms with Gasteiger partial charge in [0.15, 0.2) is 17.0 Å². The monoisotopic (exact) mass is 433 g/mol. The number of nitrogens with two attached hydrogens (primary N) is 1. The Kier molecular flexibility index (Phi) is 6.14. The molecule has 2 N–H and O–H groups in total. The summed E-state index contributed by atoms with van der Waals surface area (Å²) in [4.78, 5) is 20.0. The minimum absolute atomic E-state index is 0.325. The molecule has 0 atom stereocenters. The van der Waals surface area contributed by atoms with E-state index >= 15 is 0 Å². The van der Waals surface area contributed by atoms with E-state index < -0.39 is 5.82 Å². The number of hydrogen-bond acceptors (Lipinski definition) is 6. The van der Waals surface area contributed by atoms with E-state index in [-0.39, 0.29) is 0 Å². The standard InChI is InChI=1S/C24H28FN7/c1-5-16(9-18-14-31(4)13-15(18)3)7-8-32-23(17-10-19(25)12-27-11-17)30-21-22(26)28-20(6-2)29-24(21)32/h5,9-12H,1,6-8,13-14H2,2-4H3,(H2,26,28,29)/b16-9+. The summed E-state index contributed by atoms with van der Waals surface area (Å²) < 4.78 is 15.9. The molecule has 0 fully saturated rings. The SMILES string of the molecule is C=C/C(=C\C1=C(C)CN(C)C1)CCn1c(-c2cncc(F)c2)nc2c(N)nc(CC)nc21. The molecule has 166 valence electrons. The Morgan fingerprint density at radius 1 is 1.25 bits per heavy atom. The van der Waals surface area contributed by atoms with Gasteiger partial charge in [-0.1, -0.05) is 31.2 Å². The highest BCUT2D eigenvalue weighted by Gasteiger charge is 2.19. The summed E-state index contributed by atoms with van der Waals surface area (Å²) in [6, 6.07) is 1.42. The zero-order valence-corrected chi connectivity index (χ0v) is 18.8. The van der Waals surface area contributed by atoms with Crippen molar-refractivity contribution in [3.05, 3.63) is 65.6 Å². The van der Waals surface area contributed by atoms with Crippen LogP contribution in [0.2, 0.25) is 0 Å². The summed E-state index contributed by atoms with van der Waals surface area (Å²) in [5.41, 5.74) is 11.7. The summed E-state index contributed by atoms with van der Waals surface area (Å²) in [5, 5.41) is 0. The first-order valence-electron chi connectivity index (χ1n) is 10.7. The number of nitrogens with zero attached hydrogens (tertiary/aromatic N) is 6. The number of halogens is 1. The second kappa shape index (κ2) is 9.00. The van der Waals surface area contributed by atoms with Crippen molar-refractivity contribution >= 4 is 17.0 Å². The quantitative estimate of drug-likeness (QED) is 0.568. The van der Waals surface area contributed by atoms with E-state index in [4.69, 9.17) is 5.73 Å². The van der Waals surface area contributed by atoms with Gasteiger partial charge in [0.25, 0.3) is 0 Å². The molecular weight excluding hydrogens is 405 g/mol. The lowest BCUT2D eigenvalue weighted by Crippen LogP contribution is -2.14. The van der Waals surface area contributed by atoms with Crippen LogP contribution < -0.4 is 5.73 Å². The molecule has 1 aliphatic heterocycles. The van der Waals surface area contributed by atoms with Crippen molar-refractivity contribution in [2.45, 2.75) is 33.2 Å². The molecule has 4 rings (SSSR count). The Hall–Kier alpha value is -3.39. The van der Waals surface area contributed by atoms with Crippen LogP contribution in [0.15, 0.2) is 53.9 Å². The van der Waals surface area contributed by atoms with E-state index in [1.165, 1.54) is 23.4 Å². The number of imidazole rings is 1. The number of anilines is 1. The number of fused-ring (bicyclic) bond motifs is 1. The van der Waals surface area contributed by atoms with Crippen LogP contribution >= 0.6 is 0 Å². The molecule has 7 nitrogen and oxygen atoms in total. The van der Waals surface area contributed by atoms with E-state index in [2.05, 4.69) is 51.5 Å². The van der Waals surface area contributed by atoms with E-state index in [9.17, 15) is 4.39 Å². The molecule has 0 spiro atoms. The van der Waals surface area contributed by atoms with Crippen molar-refractivity contribution in [3.8, 4) is 11.4 Å². The summed E-state index contributed by atoms with van der Waals surface area (Å²) in [5.74, 6) is 1.12. The van der Waals surface area contributed by atoms with Crippen LogP contribution in [0.1, 0.15) is 26.1 Å². The van der Waals surface area contributed by atoms with Gasteiger partial charge in [-0.05, 0) is 37.6 Å². The molecule has 32 heavy (non-hydrogen) atoms. The van der Waals surface area contributed by atoms with Crippen molar-refractivity contribution in [3.63, 3.8) is 0 Å². The molecule has 1 aliphatic rings. The minimum Gasteiger partial charge on any atom is -0.382 e. The van der Waals surface area contributed by atoms with Crippen molar-refractivity contribution in [2.75, 3.05) is 25.9 Å². The van der Waals surface area contributed by atoms with Gasteiger partial charge in [0.2, 0.25) is 0 Å². The summed E-state index contributed by atoms with van der Waals surface area (Å²) in [7, 11) is 2.12. The van der Waals surface area contributed by atoms with E-state index in [1.54, 1.807) is 6.20 Å². The normalized spacial score (nSPS) is 15.2. The van der Waals surface area contributed by atoms with Crippen LogP contribution in [0.3, 0.4) is 0 Å². The smallest absolute Gasteiger partial charge is 0.166 e. The number of aryl methyl sites for hydroxylation is 2. The first-order chi connectivity index (χ1) is 15.4. The molecule has 0 aliphatic carbocycles. The van der Waals surface area contributed by atoms with E-state index in [0.717, 1.165) is 25.1 Å². The molecule has 0 saturated heterocycles. The first-order valence-corrected chi connectivity index (χ1v) is 10.7. The second-order valence-electron chi connectivity index (χ2n) is 8.18. The maximum absolute atomic E-state index is 13.9. The third-order valence-corrected chi connectivity index (χ3v) is 5.69. The molecule has 0 unspecified atom stereocenters. The topological polar surface area (TPSA) is 85.8 Å². The molecule has 0 radical (unpaired) electrons. The zero-order chi connectivity index (χ0) is 22.8. The van der Waals surface area contributed by atoms with Crippen molar-refractivity contribution in [1.29, 1.82) is 0 Å². The zero-order valence-electron chi connectivity index (χ0n) is 18.8. The van der Waals surface area contributed by atoms with Crippen molar-refractivity contribution in [1.82, 2.24) is 29.4 Å². The minimum atomic E-state index is -0.422. The lowest BCUT2D eigenvalue weighted by atomic mass is 10.1. The fraction of sp³-hybridized carbons (Fsp3) is 0.333. The van der Waals surface area contributed by atoms with Crippen LogP contribution in [0.4, 0.5) is 10.2 Å². The molecule has 0 amide bonds. The van der Waals surface area contributed by atoms with Gasteiger partial charge in [-0.3, -0.25) is 9.88 Å². The average molecular weight is 434 g/mol. The summed E-state index contributed by atoms with van der Waals surface area (Å²) >= 11 is 0. The Morgan fingerprint density at radius 2 is 2.06 bits per heavy atom. The Bertz CT molecular complexity index is 1240. The van der Waals surface area contributed by atoms with Gasteiger partial charge in [0.1, 0.15) is 17.5 Å². The number of pyridine rings is 1. The van der Waals surface area contributed by atoms with Gasteiger partial charge in [0, 0.05) is 37.8 Å². The van der Waals surface area contributed by atoms with Gasteiger partial charge < -0.3 is 10.3 Å². The Balaban J connectivity index is 1.76. The Morgan fingerprint density at radius 3 is 2.72 bits per heavy atom. The number of nitrogen functional groups attached to an aromatic ring is 1. The maximum atomic E-state index is 13.9. The second-order valence-corrected chi connectivity index (χ2v) is 8.18. The predicted molar refractivity (Wildman–Crippen MR) is 125 cm³/mol. The highest BCUT2D eigenvalue weighted by molar-refractivity contribution is 5.85. The van der Waals surface area contributed by atoms with Gasteiger partial charge >= 0.3 is 0 Å². The predicted octanol–water partition coefficient (Wildman–Crippen LogP) is 3.94. The number of hydrogen-bond donors (Lipinski definition) is 1. The molecule has 3 aromatic rings.